The molecule has 2 aromatic rings. The van der Waals surface area contributed by atoms with E-state index in [0.717, 1.165) is 25.3 Å². The zero-order valence-electron chi connectivity index (χ0n) is 17.3. The molecule has 2 heterocycles. The fourth-order valence-corrected chi connectivity index (χ4v) is 4.29. The lowest BCUT2D eigenvalue weighted by atomic mass is 10.1. The number of hydrogen-bond acceptors (Lipinski definition) is 6. The van der Waals surface area contributed by atoms with Gasteiger partial charge in [0.05, 0.1) is 39.5 Å². The van der Waals surface area contributed by atoms with Gasteiger partial charge in [-0.05, 0) is 36.1 Å². The third-order valence-electron chi connectivity index (χ3n) is 4.94. The summed E-state index contributed by atoms with van der Waals surface area (Å²) in [4.78, 5) is 8.26. The predicted octanol–water partition coefficient (Wildman–Crippen LogP) is 2.63. The van der Waals surface area contributed by atoms with Gasteiger partial charge in [-0.1, -0.05) is 12.1 Å². The first kappa shape index (κ1) is 21.4. The number of hydrogen-bond donors (Lipinski definition) is 2. The van der Waals surface area contributed by atoms with Crippen LogP contribution in [0, 0.1) is 0 Å². The van der Waals surface area contributed by atoms with Crippen LogP contribution in [0.3, 0.4) is 0 Å². The van der Waals surface area contributed by atoms with Crippen molar-refractivity contribution >= 4 is 17.3 Å². The average Bonchev–Trinajstić information content (AvgIpc) is 3.26. The number of rotatable bonds is 8. The summed E-state index contributed by atoms with van der Waals surface area (Å²) in [6, 6.07) is 10.3. The number of thiophene rings is 1. The number of methoxy groups -OCH3 is 2. The molecule has 0 aliphatic carbocycles. The van der Waals surface area contributed by atoms with Crippen molar-refractivity contribution in [2.75, 3.05) is 40.5 Å². The minimum atomic E-state index is 0.238. The Hall–Kier alpha value is -2.29. The third kappa shape index (κ3) is 5.85. The zero-order chi connectivity index (χ0) is 20.6. The van der Waals surface area contributed by atoms with Gasteiger partial charge in [-0.25, -0.2) is 4.99 Å². The molecule has 158 valence electrons. The molecule has 0 radical (unpaired) electrons. The molecular weight excluding hydrogens is 388 g/mol. The van der Waals surface area contributed by atoms with Crippen LogP contribution in [-0.4, -0.2) is 57.4 Å². The maximum absolute atomic E-state index is 6.15. The summed E-state index contributed by atoms with van der Waals surface area (Å²) >= 11 is 1.77. The third-order valence-corrected chi connectivity index (χ3v) is 5.91. The number of aliphatic imine (C=N–C) groups is 1. The molecule has 29 heavy (non-hydrogen) atoms. The number of morpholine rings is 1. The van der Waals surface area contributed by atoms with Gasteiger partial charge >= 0.3 is 0 Å². The highest BCUT2D eigenvalue weighted by atomic mass is 32.1. The van der Waals surface area contributed by atoms with Gasteiger partial charge in [0.15, 0.2) is 17.5 Å². The molecule has 7 nitrogen and oxygen atoms in total. The summed E-state index contributed by atoms with van der Waals surface area (Å²) in [7, 11) is 3.24. The fourth-order valence-electron chi connectivity index (χ4n) is 3.43. The Labute approximate surface area is 176 Å². The normalized spacial score (nSPS) is 19.0. The van der Waals surface area contributed by atoms with Crippen molar-refractivity contribution in [1.82, 2.24) is 10.2 Å². The van der Waals surface area contributed by atoms with E-state index in [1.165, 1.54) is 4.88 Å². The second-order valence-electron chi connectivity index (χ2n) is 6.98. The van der Waals surface area contributed by atoms with E-state index in [1.807, 2.05) is 18.2 Å². The lowest BCUT2D eigenvalue weighted by Gasteiger charge is -2.37. The van der Waals surface area contributed by atoms with E-state index in [1.54, 1.807) is 25.6 Å². The van der Waals surface area contributed by atoms with Crippen LogP contribution in [0.4, 0.5) is 0 Å². The molecule has 8 heteroatoms. The molecule has 0 bridgehead atoms. The predicted molar refractivity (Wildman–Crippen MR) is 117 cm³/mol. The topological polar surface area (TPSA) is 81.3 Å². The molecule has 1 aromatic carbocycles. The first-order valence-electron chi connectivity index (χ1n) is 9.74. The lowest BCUT2D eigenvalue weighted by Crippen LogP contribution is -2.47. The molecule has 0 spiro atoms. The second kappa shape index (κ2) is 10.5. The zero-order valence-corrected chi connectivity index (χ0v) is 18.1. The Kier molecular flexibility index (Phi) is 7.74. The van der Waals surface area contributed by atoms with Crippen LogP contribution in [-0.2, 0) is 11.3 Å². The molecule has 0 saturated carbocycles. The molecule has 2 unspecified atom stereocenters. The number of nitrogens with two attached hydrogens (primary N) is 1. The van der Waals surface area contributed by atoms with Crippen molar-refractivity contribution < 1.29 is 14.2 Å². The van der Waals surface area contributed by atoms with Gasteiger partial charge in [0.1, 0.15) is 0 Å². The summed E-state index contributed by atoms with van der Waals surface area (Å²) < 4.78 is 16.3. The Morgan fingerprint density at radius 1 is 1.34 bits per heavy atom. The van der Waals surface area contributed by atoms with Crippen LogP contribution in [0.2, 0.25) is 0 Å². The minimum absolute atomic E-state index is 0.238. The number of guanidine groups is 1. The number of nitrogens with one attached hydrogen (secondary N) is 1. The summed E-state index contributed by atoms with van der Waals surface area (Å²) in [5.74, 6) is 1.82. The largest absolute Gasteiger partial charge is 0.493 e. The molecule has 1 aliphatic heterocycles. The maximum atomic E-state index is 6.15. The molecule has 2 atom stereocenters. The van der Waals surface area contributed by atoms with Crippen LogP contribution in [0.25, 0.3) is 0 Å². The number of nitrogens with zero attached hydrogens (tertiary/aromatic N) is 2. The van der Waals surface area contributed by atoms with Crippen LogP contribution < -0.4 is 20.5 Å². The van der Waals surface area contributed by atoms with E-state index in [9.17, 15) is 0 Å². The van der Waals surface area contributed by atoms with Crippen LogP contribution in [0.1, 0.15) is 23.4 Å². The van der Waals surface area contributed by atoms with Crippen molar-refractivity contribution in [3.05, 3.63) is 46.2 Å². The smallest absolute Gasteiger partial charge is 0.188 e. The van der Waals surface area contributed by atoms with Gasteiger partial charge in [-0.15, -0.1) is 11.3 Å². The van der Waals surface area contributed by atoms with Crippen LogP contribution in [0.5, 0.6) is 11.5 Å². The Morgan fingerprint density at radius 3 is 2.86 bits per heavy atom. The van der Waals surface area contributed by atoms with E-state index in [0.29, 0.717) is 30.5 Å². The molecule has 1 aromatic heterocycles. The Morgan fingerprint density at radius 2 is 2.17 bits per heavy atom. The van der Waals surface area contributed by atoms with E-state index < -0.39 is 0 Å². The molecule has 3 N–H and O–H groups in total. The number of ether oxygens (including phenoxy) is 3. The fraction of sp³-hybridized carbons (Fsp3) is 0.476. The first-order chi connectivity index (χ1) is 14.1. The van der Waals surface area contributed by atoms with E-state index in [4.69, 9.17) is 19.9 Å². The van der Waals surface area contributed by atoms with Crippen molar-refractivity contribution in [1.29, 1.82) is 0 Å². The Balaban J connectivity index is 1.61. The Bertz CT molecular complexity index is 797. The molecular formula is C21H30N4O3S. The summed E-state index contributed by atoms with van der Waals surface area (Å²) in [6.45, 7) is 5.87. The number of benzene rings is 1. The average molecular weight is 419 g/mol. The lowest BCUT2D eigenvalue weighted by molar-refractivity contribution is -0.0333. The monoisotopic (exact) mass is 418 g/mol. The van der Waals surface area contributed by atoms with Crippen LogP contribution >= 0.6 is 11.3 Å². The summed E-state index contributed by atoms with van der Waals surface area (Å²) in [5, 5.41) is 5.41. The van der Waals surface area contributed by atoms with Gasteiger partial charge in [-0.2, -0.15) is 0 Å². The van der Waals surface area contributed by atoms with Gasteiger partial charge in [-0.3, -0.25) is 4.90 Å². The SMILES string of the molecule is COc1ccc(CN=C(N)NCC(c2cccs2)N2CCOC(C)C2)cc1OC. The van der Waals surface area contributed by atoms with Gasteiger partial charge in [0, 0.05) is 24.5 Å². The van der Waals surface area contributed by atoms with E-state index in [-0.39, 0.29) is 12.1 Å². The molecule has 1 saturated heterocycles. The molecule has 3 rings (SSSR count). The second-order valence-corrected chi connectivity index (χ2v) is 7.96. The van der Waals surface area contributed by atoms with Crippen LogP contribution in [0.15, 0.2) is 40.7 Å². The maximum Gasteiger partial charge on any atom is 0.188 e. The standard InChI is InChI=1S/C21H30N4O3S/c1-15-14-25(8-9-28-15)17(20-5-4-10-29-20)13-24-21(22)23-12-16-6-7-18(26-2)19(11-16)27-3/h4-7,10-11,15,17H,8-9,12-14H2,1-3H3,(H3,22,23,24). The van der Waals surface area contributed by atoms with Crippen molar-refractivity contribution in [2.24, 2.45) is 10.7 Å². The van der Waals surface area contributed by atoms with E-state index >= 15 is 0 Å². The highest BCUT2D eigenvalue weighted by Gasteiger charge is 2.26. The van der Waals surface area contributed by atoms with Gasteiger partial charge in [0.25, 0.3) is 0 Å². The molecule has 0 amide bonds. The first-order valence-corrected chi connectivity index (χ1v) is 10.6. The highest BCUT2D eigenvalue weighted by Crippen LogP contribution is 2.28. The van der Waals surface area contributed by atoms with Gasteiger partial charge in [0.2, 0.25) is 0 Å². The summed E-state index contributed by atoms with van der Waals surface area (Å²) in [6.07, 6.45) is 0.238. The molecule has 1 fully saturated rings. The highest BCUT2D eigenvalue weighted by molar-refractivity contribution is 7.10. The quantitative estimate of drug-likeness (QED) is 0.507. The minimum Gasteiger partial charge on any atom is -0.493 e. The van der Waals surface area contributed by atoms with Crippen molar-refractivity contribution in [3.8, 4) is 11.5 Å². The van der Waals surface area contributed by atoms with E-state index in [2.05, 4.69) is 39.6 Å². The van der Waals surface area contributed by atoms with Crippen molar-refractivity contribution in [3.63, 3.8) is 0 Å². The summed E-state index contributed by atoms with van der Waals surface area (Å²) in [5.41, 5.74) is 7.15. The van der Waals surface area contributed by atoms with Gasteiger partial charge < -0.3 is 25.3 Å². The molecule has 1 aliphatic rings. The van der Waals surface area contributed by atoms with Crippen molar-refractivity contribution in [2.45, 2.75) is 25.6 Å².